The minimum Gasteiger partial charge on any atom is -0.376 e. The highest BCUT2D eigenvalue weighted by Gasteiger charge is 2.07. The lowest BCUT2D eigenvalue weighted by Gasteiger charge is -2.13. The summed E-state index contributed by atoms with van der Waals surface area (Å²) in [6, 6.07) is 18.2. The normalized spacial score (nSPS) is 11.7. The third-order valence-electron chi connectivity index (χ3n) is 3.27. The second-order valence-electron chi connectivity index (χ2n) is 4.98. The lowest BCUT2D eigenvalue weighted by atomic mass is 10.0. The Morgan fingerprint density at radius 3 is 2.43 bits per heavy atom. The summed E-state index contributed by atoms with van der Waals surface area (Å²) in [5, 5.41) is 6.08. The zero-order valence-corrected chi connectivity index (χ0v) is 14.1. The van der Waals surface area contributed by atoms with Crippen LogP contribution in [0.25, 0.3) is 0 Å². The summed E-state index contributed by atoms with van der Waals surface area (Å²) in [7, 11) is 0. The van der Waals surface area contributed by atoms with Crippen LogP contribution < -0.4 is 10.6 Å². The molecule has 0 aliphatic heterocycles. The van der Waals surface area contributed by atoms with Gasteiger partial charge in [0, 0.05) is 15.8 Å². The van der Waals surface area contributed by atoms with E-state index < -0.39 is 0 Å². The van der Waals surface area contributed by atoms with Crippen LogP contribution in [0.15, 0.2) is 54.6 Å². The summed E-state index contributed by atoms with van der Waals surface area (Å²) in [6.07, 6.45) is 0. The SMILES string of the molecule is C[C@@H](CNC(=O)CNc1ccc(I)cc1)c1ccccc1. The molecule has 3 nitrogen and oxygen atoms in total. The van der Waals surface area contributed by atoms with Crippen molar-refractivity contribution in [3.05, 3.63) is 63.7 Å². The maximum atomic E-state index is 11.8. The molecule has 4 heteroatoms. The molecule has 0 saturated carbocycles. The molecule has 2 rings (SSSR count). The molecule has 0 aliphatic carbocycles. The van der Waals surface area contributed by atoms with Crippen LogP contribution >= 0.6 is 22.6 Å². The van der Waals surface area contributed by atoms with Crippen molar-refractivity contribution in [2.24, 2.45) is 0 Å². The molecule has 1 amide bonds. The summed E-state index contributed by atoms with van der Waals surface area (Å²) >= 11 is 2.26. The average molecular weight is 394 g/mol. The second-order valence-corrected chi connectivity index (χ2v) is 6.22. The van der Waals surface area contributed by atoms with Gasteiger partial charge >= 0.3 is 0 Å². The van der Waals surface area contributed by atoms with E-state index in [-0.39, 0.29) is 5.91 Å². The quantitative estimate of drug-likeness (QED) is 0.735. The molecule has 110 valence electrons. The number of benzene rings is 2. The van der Waals surface area contributed by atoms with E-state index in [4.69, 9.17) is 0 Å². The van der Waals surface area contributed by atoms with Gasteiger partial charge in [0.25, 0.3) is 0 Å². The molecule has 0 fully saturated rings. The Labute approximate surface area is 139 Å². The largest absolute Gasteiger partial charge is 0.376 e. The first-order valence-corrected chi connectivity index (χ1v) is 8.04. The first-order chi connectivity index (χ1) is 10.1. The third kappa shape index (κ3) is 5.38. The number of nitrogens with one attached hydrogen (secondary N) is 2. The van der Waals surface area contributed by atoms with Crippen molar-refractivity contribution in [1.82, 2.24) is 5.32 Å². The van der Waals surface area contributed by atoms with E-state index in [1.165, 1.54) is 9.13 Å². The molecule has 0 heterocycles. The van der Waals surface area contributed by atoms with E-state index in [1.807, 2.05) is 42.5 Å². The van der Waals surface area contributed by atoms with Crippen molar-refractivity contribution in [2.45, 2.75) is 12.8 Å². The molecule has 21 heavy (non-hydrogen) atoms. The molecule has 2 aromatic rings. The summed E-state index contributed by atoms with van der Waals surface area (Å²) in [5.74, 6) is 0.324. The number of anilines is 1. The molecule has 0 saturated heterocycles. The van der Waals surface area contributed by atoms with Crippen molar-refractivity contribution in [1.29, 1.82) is 0 Å². The van der Waals surface area contributed by atoms with Gasteiger partial charge in [-0.25, -0.2) is 0 Å². The van der Waals surface area contributed by atoms with E-state index in [0.29, 0.717) is 19.0 Å². The Morgan fingerprint density at radius 1 is 1.10 bits per heavy atom. The minimum absolute atomic E-state index is 0.0105. The van der Waals surface area contributed by atoms with E-state index in [1.54, 1.807) is 0 Å². The highest BCUT2D eigenvalue weighted by Crippen LogP contribution is 2.13. The standard InChI is InChI=1S/C17H19IN2O/c1-13(14-5-3-2-4-6-14)11-20-17(21)12-19-16-9-7-15(18)8-10-16/h2-10,13,19H,11-12H2,1H3,(H,20,21)/t13-/m0/s1. The fourth-order valence-electron chi connectivity index (χ4n) is 1.98. The molecular formula is C17H19IN2O. The predicted molar refractivity (Wildman–Crippen MR) is 95.5 cm³/mol. The maximum Gasteiger partial charge on any atom is 0.239 e. The van der Waals surface area contributed by atoms with E-state index in [2.05, 4.69) is 52.3 Å². The van der Waals surface area contributed by atoms with Crippen LogP contribution in [0, 0.1) is 3.57 Å². The molecular weight excluding hydrogens is 375 g/mol. The summed E-state index contributed by atoms with van der Waals surface area (Å²) < 4.78 is 1.18. The summed E-state index contributed by atoms with van der Waals surface area (Å²) in [4.78, 5) is 11.8. The van der Waals surface area contributed by atoms with Gasteiger partial charge in [0.15, 0.2) is 0 Å². The molecule has 1 atom stereocenters. The van der Waals surface area contributed by atoms with E-state index >= 15 is 0 Å². The van der Waals surface area contributed by atoms with Crippen LogP contribution in [-0.4, -0.2) is 19.0 Å². The molecule has 2 N–H and O–H groups in total. The van der Waals surface area contributed by atoms with E-state index in [9.17, 15) is 4.79 Å². The van der Waals surface area contributed by atoms with Crippen LogP contribution in [0.1, 0.15) is 18.4 Å². The van der Waals surface area contributed by atoms with Crippen molar-refractivity contribution in [3.8, 4) is 0 Å². The number of halogens is 1. The molecule has 0 spiro atoms. The van der Waals surface area contributed by atoms with Crippen LogP contribution in [0.4, 0.5) is 5.69 Å². The van der Waals surface area contributed by atoms with Crippen molar-refractivity contribution in [2.75, 3.05) is 18.4 Å². The van der Waals surface area contributed by atoms with Crippen molar-refractivity contribution in [3.63, 3.8) is 0 Å². The second kappa shape index (κ2) is 8.02. The Bertz CT molecular complexity index is 569. The molecule has 0 radical (unpaired) electrons. The molecule has 0 unspecified atom stereocenters. The molecule has 0 bridgehead atoms. The number of carbonyl (C=O) groups is 1. The molecule has 0 aliphatic rings. The van der Waals surface area contributed by atoms with Gasteiger partial charge in [-0.05, 0) is 58.3 Å². The number of carbonyl (C=O) groups excluding carboxylic acids is 1. The Balaban J connectivity index is 1.73. The number of hydrogen-bond donors (Lipinski definition) is 2. The Hall–Kier alpha value is -1.56. The van der Waals surface area contributed by atoms with Crippen LogP contribution in [0.2, 0.25) is 0 Å². The van der Waals surface area contributed by atoms with Gasteiger partial charge in [0.2, 0.25) is 5.91 Å². The fourth-order valence-corrected chi connectivity index (χ4v) is 2.34. The van der Waals surface area contributed by atoms with E-state index in [0.717, 1.165) is 5.69 Å². The third-order valence-corrected chi connectivity index (χ3v) is 3.99. The van der Waals surface area contributed by atoms with Crippen molar-refractivity contribution < 1.29 is 4.79 Å². The van der Waals surface area contributed by atoms with Crippen LogP contribution in [0.5, 0.6) is 0 Å². The average Bonchev–Trinajstić information content (AvgIpc) is 2.53. The molecule has 2 aromatic carbocycles. The highest BCUT2D eigenvalue weighted by molar-refractivity contribution is 14.1. The lowest BCUT2D eigenvalue weighted by molar-refractivity contribution is -0.119. The van der Waals surface area contributed by atoms with Gasteiger partial charge in [-0.2, -0.15) is 0 Å². The van der Waals surface area contributed by atoms with Crippen LogP contribution in [-0.2, 0) is 4.79 Å². The number of hydrogen-bond acceptors (Lipinski definition) is 2. The van der Waals surface area contributed by atoms with Gasteiger partial charge in [-0.15, -0.1) is 0 Å². The lowest BCUT2D eigenvalue weighted by Crippen LogP contribution is -2.32. The highest BCUT2D eigenvalue weighted by atomic mass is 127. The van der Waals surface area contributed by atoms with Gasteiger partial charge in [0.05, 0.1) is 6.54 Å². The van der Waals surface area contributed by atoms with Crippen molar-refractivity contribution >= 4 is 34.2 Å². The minimum atomic E-state index is 0.0105. The van der Waals surface area contributed by atoms with Gasteiger partial charge in [-0.3, -0.25) is 4.79 Å². The van der Waals surface area contributed by atoms with Crippen LogP contribution in [0.3, 0.4) is 0 Å². The summed E-state index contributed by atoms with van der Waals surface area (Å²) in [5.41, 5.74) is 2.20. The zero-order chi connectivity index (χ0) is 15.1. The fraction of sp³-hybridized carbons (Fsp3) is 0.235. The maximum absolute atomic E-state index is 11.8. The van der Waals surface area contributed by atoms with Gasteiger partial charge < -0.3 is 10.6 Å². The predicted octanol–water partition coefficient (Wildman–Crippen LogP) is 3.62. The van der Waals surface area contributed by atoms with Gasteiger partial charge in [-0.1, -0.05) is 37.3 Å². The first-order valence-electron chi connectivity index (χ1n) is 6.96. The Kier molecular flexibility index (Phi) is 6.04. The molecule has 0 aromatic heterocycles. The monoisotopic (exact) mass is 394 g/mol. The summed E-state index contributed by atoms with van der Waals surface area (Å²) in [6.45, 7) is 3.06. The first kappa shape index (κ1) is 15.8. The number of rotatable bonds is 6. The number of amides is 1. The zero-order valence-electron chi connectivity index (χ0n) is 12.0. The Morgan fingerprint density at radius 2 is 1.76 bits per heavy atom. The smallest absolute Gasteiger partial charge is 0.239 e. The topological polar surface area (TPSA) is 41.1 Å². The van der Waals surface area contributed by atoms with Gasteiger partial charge in [0.1, 0.15) is 0 Å².